The third kappa shape index (κ3) is 5.03. The molecule has 3 nitrogen and oxygen atoms in total. The Morgan fingerprint density at radius 1 is 1.31 bits per heavy atom. The summed E-state index contributed by atoms with van der Waals surface area (Å²) in [5, 5.41) is 6.19. The first kappa shape index (κ1) is 12.8. The number of benzene rings is 1. The number of amides is 2. The van der Waals surface area contributed by atoms with Crippen molar-refractivity contribution in [3.8, 4) is 0 Å². The van der Waals surface area contributed by atoms with E-state index in [1.54, 1.807) is 24.3 Å². The van der Waals surface area contributed by atoms with Gasteiger partial charge in [-0.15, -0.1) is 0 Å². The van der Waals surface area contributed by atoms with Gasteiger partial charge in [0.15, 0.2) is 0 Å². The van der Waals surface area contributed by atoms with Gasteiger partial charge in [-0.2, -0.15) is 0 Å². The highest BCUT2D eigenvalue weighted by molar-refractivity contribution is 6.30. The maximum Gasteiger partial charge on any atom is 0.319 e. The Morgan fingerprint density at radius 3 is 2.50 bits per heavy atom. The highest BCUT2D eigenvalue weighted by Crippen LogP contribution is 2.12. The van der Waals surface area contributed by atoms with E-state index in [4.69, 9.17) is 11.6 Å². The quantitative estimate of drug-likeness (QED) is 0.831. The monoisotopic (exact) mass is 240 g/mol. The maximum atomic E-state index is 11.4. The molecule has 0 fully saturated rings. The number of hydrogen-bond acceptors (Lipinski definition) is 1. The second kappa shape index (κ2) is 6.38. The van der Waals surface area contributed by atoms with Crippen LogP contribution in [0, 0.1) is 5.92 Å². The van der Waals surface area contributed by atoms with Crippen LogP contribution in [0.3, 0.4) is 0 Å². The van der Waals surface area contributed by atoms with Gasteiger partial charge in [0.1, 0.15) is 0 Å². The lowest BCUT2D eigenvalue weighted by Crippen LogP contribution is -2.30. The Morgan fingerprint density at radius 2 is 1.94 bits per heavy atom. The van der Waals surface area contributed by atoms with E-state index in [-0.39, 0.29) is 6.03 Å². The molecule has 0 radical (unpaired) electrons. The third-order valence-electron chi connectivity index (χ3n) is 2.11. The molecule has 0 bridgehead atoms. The van der Waals surface area contributed by atoms with E-state index in [2.05, 4.69) is 24.5 Å². The second-order valence-electron chi connectivity index (χ2n) is 4.07. The first-order chi connectivity index (χ1) is 7.58. The highest BCUT2D eigenvalue weighted by Gasteiger charge is 2.01. The van der Waals surface area contributed by atoms with Gasteiger partial charge in [0.2, 0.25) is 0 Å². The number of nitrogens with one attached hydrogen (secondary N) is 2. The van der Waals surface area contributed by atoms with Gasteiger partial charge in [-0.3, -0.25) is 0 Å². The molecule has 1 aromatic rings. The van der Waals surface area contributed by atoms with Gasteiger partial charge in [0, 0.05) is 17.3 Å². The molecule has 0 aromatic heterocycles. The second-order valence-corrected chi connectivity index (χ2v) is 4.51. The number of anilines is 1. The van der Waals surface area contributed by atoms with Crippen molar-refractivity contribution in [1.29, 1.82) is 0 Å². The van der Waals surface area contributed by atoms with Crippen LogP contribution in [-0.2, 0) is 0 Å². The zero-order chi connectivity index (χ0) is 12.0. The average molecular weight is 241 g/mol. The van der Waals surface area contributed by atoms with Crippen molar-refractivity contribution in [3.63, 3.8) is 0 Å². The molecule has 1 aromatic carbocycles. The number of carbonyl (C=O) groups excluding carboxylic acids is 1. The van der Waals surface area contributed by atoms with Crippen molar-refractivity contribution in [2.24, 2.45) is 5.92 Å². The van der Waals surface area contributed by atoms with Crippen molar-refractivity contribution in [3.05, 3.63) is 29.3 Å². The van der Waals surface area contributed by atoms with E-state index in [1.165, 1.54) is 0 Å². The zero-order valence-electron chi connectivity index (χ0n) is 9.59. The van der Waals surface area contributed by atoms with Gasteiger partial charge in [0.05, 0.1) is 0 Å². The Kier molecular flexibility index (Phi) is 5.12. The molecule has 0 aliphatic rings. The maximum absolute atomic E-state index is 11.4. The fourth-order valence-electron chi connectivity index (χ4n) is 1.18. The summed E-state index contributed by atoms with van der Waals surface area (Å²) in [5.41, 5.74) is 0.742. The number of halogens is 1. The largest absolute Gasteiger partial charge is 0.338 e. The Labute approximate surface area is 101 Å². The molecule has 1 rings (SSSR count). The Hall–Kier alpha value is -1.22. The molecule has 0 unspecified atom stereocenters. The summed E-state index contributed by atoms with van der Waals surface area (Å²) in [7, 11) is 0. The normalized spacial score (nSPS) is 10.2. The fourth-order valence-corrected chi connectivity index (χ4v) is 1.31. The fraction of sp³-hybridized carbons (Fsp3) is 0.417. The summed E-state index contributed by atoms with van der Waals surface area (Å²) in [6.07, 6.45) is 0.980. The van der Waals surface area contributed by atoms with Gasteiger partial charge in [-0.1, -0.05) is 25.4 Å². The summed E-state index contributed by atoms with van der Waals surface area (Å²) < 4.78 is 0. The van der Waals surface area contributed by atoms with Crippen LogP contribution in [0.25, 0.3) is 0 Å². The number of urea groups is 1. The van der Waals surface area contributed by atoms with Crippen molar-refractivity contribution in [1.82, 2.24) is 5.32 Å². The molecule has 0 spiro atoms. The Balaban J connectivity index is 2.31. The molecule has 0 aliphatic carbocycles. The molecule has 88 valence electrons. The summed E-state index contributed by atoms with van der Waals surface area (Å²) in [4.78, 5) is 11.4. The topological polar surface area (TPSA) is 41.1 Å². The first-order valence-electron chi connectivity index (χ1n) is 5.38. The van der Waals surface area contributed by atoms with Gasteiger partial charge >= 0.3 is 6.03 Å². The van der Waals surface area contributed by atoms with Crippen LogP contribution in [0.1, 0.15) is 20.3 Å². The lowest BCUT2D eigenvalue weighted by atomic mass is 10.1. The zero-order valence-corrected chi connectivity index (χ0v) is 10.3. The predicted octanol–water partition coefficient (Wildman–Crippen LogP) is 3.51. The minimum Gasteiger partial charge on any atom is -0.338 e. The summed E-state index contributed by atoms with van der Waals surface area (Å²) in [5.74, 6) is 0.593. The molecule has 0 atom stereocenters. The van der Waals surface area contributed by atoms with Crippen LogP contribution in [-0.4, -0.2) is 12.6 Å². The number of carbonyl (C=O) groups is 1. The smallest absolute Gasteiger partial charge is 0.319 e. The number of rotatable bonds is 4. The minimum absolute atomic E-state index is 0.178. The van der Waals surface area contributed by atoms with Crippen molar-refractivity contribution >= 4 is 23.3 Å². The lowest BCUT2D eigenvalue weighted by molar-refractivity contribution is 0.251. The van der Waals surface area contributed by atoms with Crippen LogP contribution >= 0.6 is 11.6 Å². The summed E-state index contributed by atoms with van der Waals surface area (Å²) >= 11 is 5.74. The molecular weight excluding hydrogens is 224 g/mol. The SMILES string of the molecule is CC(C)CCNC(=O)Nc1ccc(Cl)cc1. The van der Waals surface area contributed by atoms with Gasteiger partial charge in [-0.05, 0) is 36.6 Å². The molecule has 2 N–H and O–H groups in total. The van der Waals surface area contributed by atoms with E-state index in [1.807, 2.05) is 0 Å². The van der Waals surface area contributed by atoms with E-state index >= 15 is 0 Å². The van der Waals surface area contributed by atoms with E-state index in [0.717, 1.165) is 12.1 Å². The predicted molar refractivity (Wildman–Crippen MR) is 67.9 cm³/mol. The van der Waals surface area contributed by atoms with Crippen molar-refractivity contribution < 1.29 is 4.79 Å². The standard InChI is InChI=1S/C12H17ClN2O/c1-9(2)7-8-14-12(16)15-11-5-3-10(13)4-6-11/h3-6,9H,7-8H2,1-2H3,(H2,14,15,16). The molecule has 16 heavy (non-hydrogen) atoms. The van der Waals surface area contributed by atoms with Crippen LogP contribution in [0.15, 0.2) is 24.3 Å². The number of hydrogen-bond donors (Lipinski definition) is 2. The van der Waals surface area contributed by atoms with Gasteiger partial charge in [0.25, 0.3) is 0 Å². The first-order valence-corrected chi connectivity index (χ1v) is 5.76. The molecular formula is C12H17ClN2O. The minimum atomic E-state index is -0.178. The highest BCUT2D eigenvalue weighted by atomic mass is 35.5. The average Bonchev–Trinajstić information content (AvgIpc) is 2.21. The Bertz CT molecular complexity index is 335. The lowest BCUT2D eigenvalue weighted by Gasteiger charge is -2.08. The molecule has 2 amide bonds. The van der Waals surface area contributed by atoms with Crippen LogP contribution < -0.4 is 10.6 Å². The molecule has 0 saturated heterocycles. The van der Waals surface area contributed by atoms with Gasteiger partial charge in [-0.25, -0.2) is 4.79 Å². The molecule has 4 heteroatoms. The van der Waals surface area contributed by atoms with Crippen molar-refractivity contribution in [2.45, 2.75) is 20.3 Å². The van der Waals surface area contributed by atoms with Crippen LogP contribution in [0.2, 0.25) is 5.02 Å². The van der Waals surface area contributed by atoms with Gasteiger partial charge < -0.3 is 10.6 Å². The van der Waals surface area contributed by atoms with E-state index < -0.39 is 0 Å². The van der Waals surface area contributed by atoms with E-state index in [0.29, 0.717) is 17.5 Å². The van der Waals surface area contributed by atoms with Crippen molar-refractivity contribution in [2.75, 3.05) is 11.9 Å². The summed E-state index contributed by atoms with van der Waals surface area (Å²) in [6.45, 7) is 4.94. The molecule has 0 aliphatic heterocycles. The third-order valence-corrected chi connectivity index (χ3v) is 2.36. The molecule has 0 saturated carbocycles. The van der Waals surface area contributed by atoms with Crippen LogP contribution in [0.5, 0.6) is 0 Å². The van der Waals surface area contributed by atoms with E-state index in [9.17, 15) is 4.79 Å². The molecule has 0 heterocycles. The summed E-state index contributed by atoms with van der Waals surface area (Å²) in [6, 6.07) is 6.84. The van der Waals surface area contributed by atoms with Crippen LogP contribution in [0.4, 0.5) is 10.5 Å².